The van der Waals surface area contributed by atoms with E-state index in [0.717, 1.165) is 38.5 Å². The van der Waals surface area contributed by atoms with Crippen molar-refractivity contribution < 1.29 is 4.74 Å². The lowest BCUT2D eigenvalue weighted by Gasteiger charge is -2.30. The van der Waals surface area contributed by atoms with Crippen molar-refractivity contribution >= 4 is 0 Å². The van der Waals surface area contributed by atoms with Crippen molar-refractivity contribution in [2.24, 2.45) is 0 Å². The van der Waals surface area contributed by atoms with Crippen LogP contribution in [0.25, 0.3) is 0 Å². The zero-order chi connectivity index (χ0) is 12.6. The molecular formula is C13H28N2O. The fourth-order valence-electron chi connectivity index (χ4n) is 1.51. The monoisotopic (exact) mass is 228 g/mol. The molecule has 0 atom stereocenters. The number of ether oxygens (including phenoxy) is 1. The maximum Gasteiger partial charge on any atom is 0.182 e. The first-order chi connectivity index (χ1) is 7.49. The van der Waals surface area contributed by atoms with Gasteiger partial charge < -0.3 is 15.0 Å². The zero-order valence-corrected chi connectivity index (χ0v) is 11.6. The van der Waals surface area contributed by atoms with Gasteiger partial charge in [-0.1, -0.05) is 13.8 Å². The molecule has 1 rings (SSSR count). The van der Waals surface area contributed by atoms with E-state index in [9.17, 15) is 0 Å². The van der Waals surface area contributed by atoms with Crippen LogP contribution in [0.1, 0.15) is 41.0 Å². The molecule has 0 bridgehead atoms. The second-order valence-corrected chi connectivity index (χ2v) is 4.70. The van der Waals surface area contributed by atoms with Gasteiger partial charge in [-0.2, -0.15) is 0 Å². The molecular weight excluding hydrogens is 200 g/mol. The van der Waals surface area contributed by atoms with Crippen LogP contribution in [0, 0.1) is 0 Å². The Kier molecular flexibility index (Phi) is 7.22. The summed E-state index contributed by atoms with van der Waals surface area (Å²) in [5.41, 5.74) is -0.142. The summed E-state index contributed by atoms with van der Waals surface area (Å²) in [5.74, 6) is 0.807. The van der Waals surface area contributed by atoms with Gasteiger partial charge in [0, 0.05) is 19.6 Å². The molecule has 0 unspecified atom stereocenters. The van der Waals surface area contributed by atoms with Crippen LogP contribution in [-0.2, 0) is 4.74 Å². The molecule has 1 aliphatic heterocycles. The summed E-state index contributed by atoms with van der Waals surface area (Å²) in [6.45, 7) is 18.3. The Morgan fingerprint density at radius 2 is 1.81 bits per heavy atom. The summed E-state index contributed by atoms with van der Waals surface area (Å²) >= 11 is 0. The Hall–Kier alpha value is -0.700. The van der Waals surface area contributed by atoms with E-state index in [2.05, 4.69) is 16.8 Å². The van der Waals surface area contributed by atoms with Gasteiger partial charge >= 0.3 is 0 Å². The molecule has 1 heterocycles. The van der Waals surface area contributed by atoms with Crippen molar-refractivity contribution in [2.45, 2.75) is 46.6 Å². The summed E-state index contributed by atoms with van der Waals surface area (Å²) in [6, 6.07) is 0. The quantitative estimate of drug-likeness (QED) is 0.735. The average molecular weight is 228 g/mol. The third-order valence-corrected chi connectivity index (χ3v) is 2.12. The van der Waals surface area contributed by atoms with Crippen molar-refractivity contribution in [1.82, 2.24) is 10.2 Å². The number of hydrogen-bond acceptors (Lipinski definition) is 3. The van der Waals surface area contributed by atoms with E-state index < -0.39 is 0 Å². The van der Waals surface area contributed by atoms with E-state index in [1.165, 1.54) is 0 Å². The molecule has 1 fully saturated rings. The van der Waals surface area contributed by atoms with Crippen LogP contribution < -0.4 is 5.32 Å². The van der Waals surface area contributed by atoms with Gasteiger partial charge in [-0.3, -0.25) is 0 Å². The maximum absolute atomic E-state index is 5.74. The van der Waals surface area contributed by atoms with Crippen molar-refractivity contribution in [3.05, 3.63) is 12.5 Å². The van der Waals surface area contributed by atoms with Crippen LogP contribution in [0.3, 0.4) is 0 Å². The van der Waals surface area contributed by atoms with E-state index in [4.69, 9.17) is 4.74 Å². The first kappa shape index (κ1) is 15.3. The molecule has 3 nitrogen and oxygen atoms in total. The molecule has 1 saturated heterocycles. The van der Waals surface area contributed by atoms with Gasteiger partial charge in [0.1, 0.15) is 5.60 Å². The lowest BCUT2D eigenvalue weighted by molar-refractivity contribution is 0.00454. The summed E-state index contributed by atoms with van der Waals surface area (Å²) in [5, 5.41) is 3.36. The Morgan fingerprint density at radius 1 is 1.19 bits per heavy atom. The molecule has 0 saturated carbocycles. The number of hydrogen-bond donors (Lipinski definition) is 1. The molecule has 0 amide bonds. The normalized spacial score (nSPS) is 16.9. The molecule has 96 valence electrons. The molecule has 16 heavy (non-hydrogen) atoms. The lowest BCUT2D eigenvalue weighted by Crippen LogP contribution is -2.32. The van der Waals surface area contributed by atoms with Crippen LogP contribution in [-0.4, -0.2) is 36.7 Å². The number of rotatable bonds is 2. The van der Waals surface area contributed by atoms with Crippen molar-refractivity contribution in [2.75, 3.05) is 26.2 Å². The van der Waals surface area contributed by atoms with Crippen LogP contribution in [0.15, 0.2) is 12.5 Å². The highest BCUT2D eigenvalue weighted by atomic mass is 16.5. The van der Waals surface area contributed by atoms with Crippen LogP contribution in [0.4, 0.5) is 0 Å². The van der Waals surface area contributed by atoms with Crippen LogP contribution >= 0.6 is 0 Å². The summed E-state index contributed by atoms with van der Waals surface area (Å²) in [4.78, 5) is 2.21. The molecule has 0 aromatic carbocycles. The van der Waals surface area contributed by atoms with E-state index in [1.54, 1.807) is 0 Å². The molecule has 0 radical (unpaired) electrons. The van der Waals surface area contributed by atoms with Gasteiger partial charge in [-0.15, -0.1) is 0 Å². The smallest absolute Gasteiger partial charge is 0.182 e. The van der Waals surface area contributed by atoms with Crippen LogP contribution in [0.5, 0.6) is 0 Å². The molecule has 0 spiro atoms. The highest BCUT2D eigenvalue weighted by Gasteiger charge is 2.17. The van der Waals surface area contributed by atoms with Crippen molar-refractivity contribution in [3.63, 3.8) is 0 Å². The number of nitrogens with zero attached hydrogens (tertiary/aromatic N) is 1. The Bertz CT molecular complexity index is 189. The molecule has 1 N–H and O–H groups in total. The maximum atomic E-state index is 5.74. The number of nitrogens with one attached hydrogen (secondary N) is 1. The van der Waals surface area contributed by atoms with Gasteiger partial charge in [0.05, 0.1) is 0 Å². The summed E-state index contributed by atoms with van der Waals surface area (Å²) in [7, 11) is 0. The topological polar surface area (TPSA) is 24.5 Å². The minimum absolute atomic E-state index is 0.142. The van der Waals surface area contributed by atoms with Crippen LogP contribution in [0.2, 0.25) is 0 Å². The summed E-state index contributed by atoms with van der Waals surface area (Å²) in [6.07, 6.45) is 1.16. The highest BCUT2D eigenvalue weighted by Crippen LogP contribution is 2.15. The first-order valence-corrected chi connectivity index (χ1v) is 6.32. The van der Waals surface area contributed by atoms with Gasteiger partial charge in [0.2, 0.25) is 0 Å². The van der Waals surface area contributed by atoms with E-state index in [1.807, 2.05) is 34.6 Å². The van der Waals surface area contributed by atoms with E-state index in [0.29, 0.717) is 0 Å². The van der Waals surface area contributed by atoms with Crippen molar-refractivity contribution in [1.29, 1.82) is 0 Å². The Morgan fingerprint density at radius 3 is 2.38 bits per heavy atom. The predicted molar refractivity (Wildman–Crippen MR) is 70.4 cm³/mol. The largest absolute Gasteiger partial charge is 0.474 e. The second kappa shape index (κ2) is 7.55. The standard InChI is InChI=1S/C11H22N2O.C2H6/c1-10(14-11(2,3)4)13-8-5-6-12-7-9-13;1-2/h12H,1,5-9H2,2-4H3;1-2H3. The van der Waals surface area contributed by atoms with Gasteiger partial charge in [-0.05, 0) is 40.3 Å². The summed E-state index contributed by atoms with van der Waals surface area (Å²) < 4.78 is 5.74. The zero-order valence-electron chi connectivity index (χ0n) is 11.6. The molecule has 0 aromatic heterocycles. The fraction of sp³-hybridized carbons (Fsp3) is 0.846. The average Bonchev–Trinajstić information content (AvgIpc) is 2.46. The highest BCUT2D eigenvalue weighted by molar-refractivity contribution is 4.88. The first-order valence-electron chi connectivity index (χ1n) is 6.32. The van der Waals surface area contributed by atoms with Gasteiger partial charge in [0.15, 0.2) is 5.88 Å². The third kappa shape index (κ3) is 6.72. The molecule has 0 aliphatic carbocycles. The Balaban J connectivity index is 0.00000106. The molecule has 1 aliphatic rings. The minimum atomic E-state index is -0.142. The minimum Gasteiger partial charge on any atom is -0.474 e. The molecule has 3 heteroatoms. The molecule has 0 aromatic rings. The fourth-order valence-corrected chi connectivity index (χ4v) is 1.51. The van der Waals surface area contributed by atoms with E-state index in [-0.39, 0.29) is 5.60 Å². The van der Waals surface area contributed by atoms with Crippen molar-refractivity contribution in [3.8, 4) is 0 Å². The Labute approximate surface area is 101 Å². The SMILES string of the molecule is C=C(OC(C)(C)C)N1CCCNCC1.CC. The predicted octanol–water partition coefficient (Wildman–Crippen LogP) is 2.59. The third-order valence-electron chi connectivity index (χ3n) is 2.12. The lowest BCUT2D eigenvalue weighted by atomic mass is 10.2. The van der Waals surface area contributed by atoms with Gasteiger partial charge in [0.25, 0.3) is 0 Å². The second-order valence-electron chi connectivity index (χ2n) is 4.70. The van der Waals surface area contributed by atoms with E-state index >= 15 is 0 Å². The van der Waals surface area contributed by atoms with Gasteiger partial charge in [-0.25, -0.2) is 0 Å².